The molecular formula is C25H27N3O8Y-2. The molecule has 3 unspecified atom stereocenters. The Balaban J connectivity index is 0.00000380. The van der Waals surface area contributed by atoms with Gasteiger partial charge in [0, 0.05) is 56.3 Å². The number of rotatable bonds is 6. The number of phenols is 1. The second kappa shape index (κ2) is 10.3. The number of nitrogens with two attached hydrogens (primary N) is 1. The van der Waals surface area contributed by atoms with Crippen LogP contribution in [0.25, 0.3) is 5.76 Å². The topological polar surface area (TPSA) is 182 Å². The number of hydrogen-bond acceptors (Lipinski definition) is 9. The summed E-state index contributed by atoms with van der Waals surface area (Å²) in [4.78, 5) is 52.5. The summed E-state index contributed by atoms with van der Waals surface area (Å²) in [7, 11) is 3.08. The number of likely N-dealkylation sites (N-methyl/N-ethyl adjacent to an activating group) is 1. The van der Waals surface area contributed by atoms with Crippen molar-refractivity contribution in [2.75, 3.05) is 20.6 Å². The summed E-state index contributed by atoms with van der Waals surface area (Å²) in [6.07, 6.45) is 1.90. The van der Waals surface area contributed by atoms with Crippen molar-refractivity contribution in [1.29, 1.82) is 0 Å². The normalized spacial score (nSPS) is 26.8. The zero-order valence-electron chi connectivity index (χ0n) is 20.4. The second-order valence-corrected chi connectivity index (χ2v) is 9.58. The summed E-state index contributed by atoms with van der Waals surface area (Å²) in [5.41, 5.74) is 2.31. The van der Waals surface area contributed by atoms with Crippen LogP contribution in [0, 0.1) is 18.8 Å². The number of ketones is 2. The quantitative estimate of drug-likeness (QED) is 0.169. The summed E-state index contributed by atoms with van der Waals surface area (Å²) in [6.45, 7) is 3.65. The monoisotopic (exact) mass is 586 g/mol. The Morgan fingerprint density at radius 1 is 1.24 bits per heavy atom. The fraction of sp³-hybridized carbons (Fsp3) is 0.400. The van der Waals surface area contributed by atoms with Gasteiger partial charge in [-0.2, -0.15) is 6.41 Å². The maximum Gasteiger partial charge on any atom is 0.255 e. The molecule has 0 bridgehead atoms. The first-order chi connectivity index (χ1) is 16.9. The third-order valence-corrected chi connectivity index (χ3v) is 7.44. The average Bonchev–Trinajstić information content (AvgIpc) is 2.80. The molecule has 2 amide bonds. The molecule has 0 heterocycles. The number of amides is 2. The van der Waals surface area contributed by atoms with Crippen LogP contribution in [0.15, 0.2) is 29.0 Å². The first-order valence-electron chi connectivity index (χ1n) is 11.3. The van der Waals surface area contributed by atoms with Crippen molar-refractivity contribution in [3.63, 3.8) is 0 Å². The van der Waals surface area contributed by atoms with Gasteiger partial charge in [0.05, 0.1) is 11.6 Å². The Kier molecular flexibility index (Phi) is 8.05. The first-order valence-corrected chi connectivity index (χ1v) is 11.3. The van der Waals surface area contributed by atoms with Gasteiger partial charge in [0.15, 0.2) is 11.4 Å². The van der Waals surface area contributed by atoms with Gasteiger partial charge in [0.2, 0.25) is 5.78 Å². The number of aliphatic hydroxyl groups excluding tert-OH is 2. The Labute approximate surface area is 238 Å². The van der Waals surface area contributed by atoms with E-state index in [0.717, 1.165) is 0 Å². The maximum absolute atomic E-state index is 13.8. The van der Waals surface area contributed by atoms with E-state index in [1.807, 2.05) is 0 Å². The zero-order chi connectivity index (χ0) is 26.7. The Bertz CT molecular complexity index is 1260. The average molecular weight is 586 g/mol. The molecule has 0 saturated heterocycles. The molecule has 1 radical (unpaired) electrons. The summed E-state index contributed by atoms with van der Waals surface area (Å²) in [5, 5.41) is 44.5. The van der Waals surface area contributed by atoms with Crippen LogP contribution in [0.1, 0.15) is 23.1 Å². The zero-order valence-corrected chi connectivity index (χ0v) is 23.2. The molecule has 1 aromatic carbocycles. The Hall–Kier alpha value is -2.60. The maximum atomic E-state index is 13.8. The molecule has 4 rings (SSSR count). The predicted molar refractivity (Wildman–Crippen MR) is 126 cm³/mol. The number of carbonyl (C=O) groups is 3. The van der Waals surface area contributed by atoms with E-state index in [-0.39, 0.29) is 81.1 Å². The van der Waals surface area contributed by atoms with Crippen LogP contribution in [-0.2, 0) is 64.9 Å². The molecule has 6 N–H and O–H groups in total. The molecule has 1 saturated carbocycles. The molecule has 12 heteroatoms. The van der Waals surface area contributed by atoms with Crippen molar-refractivity contribution in [1.82, 2.24) is 9.80 Å². The molecule has 0 aliphatic heterocycles. The Morgan fingerprint density at radius 3 is 2.43 bits per heavy atom. The first kappa shape index (κ1) is 29.0. The van der Waals surface area contributed by atoms with Crippen LogP contribution in [0.3, 0.4) is 0 Å². The van der Waals surface area contributed by atoms with Gasteiger partial charge in [0.25, 0.3) is 5.91 Å². The van der Waals surface area contributed by atoms with Crippen molar-refractivity contribution < 1.29 is 72.3 Å². The molecule has 1 fully saturated rings. The van der Waals surface area contributed by atoms with Gasteiger partial charge >= 0.3 is 0 Å². The van der Waals surface area contributed by atoms with Gasteiger partial charge in [-0.1, -0.05) is 12.1 Å². The SMILES string of the molecule is [CH2-]CN([C-]=O)Cc1ccc2c(c1O)C(O)=C1C(=O)[C@]3(O)C(O)=C(C(N)=O)C(=O)C(N(C)C)C3CC1C2.[Y]. The van der Waals surface area contributed by atoms with Gasteiger partial charge in [-0.05, 0) is 38.4 Å². The summed E-state index contributed by atoms with van der Waals surface area (Å²) >= 11 is 0. The van der Waals surface area contributed by atoms with E-state index in [1.165, 1.54) is 9.80 Å². The molecule has 0 spiro atoms. The van der Waals surface area contributed by atoms with E-state index >= 15 is 0 Å². The van der Waals surface area contributed by atoms with Gasteiger partial charge < -0.3 is 42.8 Å². The third kappa shape index (κ3) is 4.22. The molecule has 0 aromatic heterocycles. The molecule has 3 aliphatic carbocycles. The van der Waals surface area contributed by atoms with Crippen molar-refractivity contribution in [3.8, 4) is 5.75 Å². The van der Waals surface area contributed by atoms with Crippen molar-refractivity contribution in [2.24, 2.45) is 17.6 Å². The molecule has 1 aromatic rings. The molecule has 4 atom stereocenters. The van der Waals surface area contributed by atoms with Crippen molar-refractivity contribution >= 4 is 29.6 Å². The van der Waals surface area contributed by atoms with Crippen LogP contribution in [0.5, 0.6) is 5.75 Å². The van der Waals surface area contributed by atoms with E-state index in [2.05, 4.69) is 6.92 Å². The number of hydrogen-bond donors (Lipinski definition) is 5. The van der Waals surface area contributed by atoms with Gasteiger partial charge in [0.1, 0.15) is 22.8 Å². The minimum absolute atomic E-state index is 0. The summed E-state index contributed by atoms with van der Waals surface area (Å²) < 4.78 is 0. The standard InChI is InChI=1S/C25H27N3O8.Y/c1-4-28(10-29)9-12-6-5-11-7-13-8-14-18(27(2)3)21(32)17(24(26)35)23(34)25(14,36)22(33)16(13)20(31)15(11)19(12)30;/h5-6,13-14,18,30-31,34,36H,1,4,7-9H2,2-3H3,(H2,26,35);/q-2;/t13?,14?,18?,25-;/m0./s1. The summed E-state index contributed by atoms with van der Waals surface area (Å²) in [6, 6.07) is 2.12. The number of primary amides is 1. The van der Waals surface area contributed by atoms with Crippen LogP contribution >= 0.6 is 0 Å². The number of carbonyl (C=O) groups excluding carboxylic acids is 4. The number of Topliss-reactive ketones (excluding diaryl/α,β-unsaturated/α-hetero) is 2. The fourth-order valence-electron chi connectivity index (χ4n) is 5.75. The number of aromatic hydroxyl groups is 1. The largest absolute Gasteiger partial charge is 0.538 e. The number of nitrogens with zero attached hydrogens (tertiary/aromatic N) is 2. The third-order valence-electron chi connectivity index (χ3n) is 7.44. The van der Waals surface area contributed by atoms with E-state index in [0.29, 0.717) is 5.56 Å². The van der Waals surface area contributed by atoms with Gasteiger partial charge in [-0.15, -0.1) is 6.54 Å². The van der Waals surface area contributed by atoms with Crippen molar-refractivity contribution in [2.45, 2.75) is 31.0 Å². The minimum atomic E-state index is -2.69. The van der Waals surface area contributed by atoms with Crippen molar-refractivity contribution in [3.05, 3.63) is 52.7 Å². The minimum Gasteiger partial charge on any atom is -0.538 e. The predicted octanol–water partition coefficient (Wildman–Crippen LogP) is -0.335. The number of aliphatic hydroxyl groups is 3. The van der Waals surface area contributed by atoms with Gasteiger partial charge in [-0.25, -0.2) is 0 Å². The Morgan fingerprint density at radius 2 is 1.89 bits per heavy atom. The van der Waals surface area contributed by atoms with E-state index in [9.17, 15) is 39.6 Å². The molecule has 3 aliphatic rings. The van der Waals surface area contributed by atoms with Crippen LogP contribution < -0.4 is 5.73 Å². The number of benzene rings is 1. The van der Waals surface area contributed by atoms with Crippen LogP contribution in [0.4, 0.5) is 0 Å². The molecular weight excluding hydrogens is 559 g/mol. The molecule has 11 nitrogen and oxygen atoms in total. The smallest absolute Gasteiger partial charge is 0.255 e. The molecule has 37 heavy (non-hydrogen) atoms. The van der Waals surface area contributed by atoms with Gasteiger partial charge in [-0.3, -0.25) is 19.3 Å². The van der Waals surface area contributed by atoms with E-state index in [1.54, 1.807) is 32.6 Å². The van der Waals surface area contributed by atoms with E-state index in [4.69, 9.17) is 5.73 Å². The summed E-state index contributed by atoms with van der Waals surface area (Å²) in [5.74, 6) is -7.00. The fourth-order valence-corrected chi connectivity index (χ4v) is 5.75. The number of fused-ring (bicyclic) bond motifs is 3. The van der Waals surface area contributed by atoms with Crippen LogP contribution in [-0.4, -0.2) is 86.4 Å². The number of phenolic OH excluding ortho intramolecular Hbond substituents is 1. The second-order valence-electron chi connectivity index (χ2n) is 9.58. The van der Waals surface area contributed by atoms with E-state index < -0.39 is 58.0 Å². The van der Waals surface area contributed by atoms with Crippen LogP contribution in [0.2, 0.25) is 0 Å². The molecule has 195 valence electrons.